The molecule has 0 aliphatic carbocycles. The third-order valence-corrected chi connectivity index (χ3v) is 3.81. The molecule has 0 saturated carbocycles. The second kappa shape index (κ2) is 7.79. The lowest BCUT2D eigenvalue weighted by atomic mass is 10.2. The van der Waals surface area contributed by atoms with Gasteiger partial charge in [0.1, 0.15) is 0 Å². The van der Waals surface area contributed by atoms with Crippen LogP contribution in [0.2, 0.25) is 0 Å². The molecule has 0 bridgehead atoms. The van der Waals surface area contributed by atoms with Gasteiger partial charge in [-0.1, -0.05) is 30.0 Å². The van der Waals surface area contributed by atoms with Gasteiger partial charge in [-0.05, 0) is 18.2 Å². The summed E-state index contributed by atoms with van der Waals surface area (Å²) in [5.41, 5.74) is 0.502. The maximum absolute atomic E-state index is 11.0. The first kappa shape index (κ1) is 16.3. The Morgan fingerprint density at radius 2 is 1.91 bits per heavy atom. The number of aliphatic hydroxyl groups is 2. The Balaban J connectivity index is 2.21. The second-order valence-corrected chi connectivity index (χ2v) is 5.75. The van der Waals surface area contributed by atoms with E-state index in [1.54, 1.807) is 6.07 Å². The molecule has 0 amide bonds. The van der Waals surface area contributed by atoms with Crippen LogP contribution in [-0.2, 0) is 0 Å². The van der Waals surface area contributed by atoms with Crippen molar-refractivity contribution in [2.45, 2.75) is 15.9 Å². The van der Waals surface area contributed by atoms with Crippen LogP contribution in [0.1, 0.15) is 0 Å². The van der Waals surface area contributed by atoms with E-state index in [0.717, 1.165) is 9.79 Å². The quantitative estimate of drug-likeness (QED) is 0.536. The molecule has 0 aliphatic heterocycles. The number of non-ortho nitro benzene ring substituents is 1. The molecule has 7 heteroatoms. The molecule has 2 rings (SSSR count). The van der Waals surface area contributed by atoms with Crippen molar-refractivity contribution in [3.63, 3.8) is 0 Å². The van der Waals surface area contributed by atoms with Gasteiger partial charge in [0, 0.05) is 34.2 Å². The van der Waals surface area contributed by atoms with Crippen LogP contribution in [0.5, 0.6) is 0 Å². The van der Waals surface area contributed by atoms with Crippen molar-refractivity contribution in [1.82, 2.24) is 0 Å². The van der Waals surface area contributed by atoms with Crippen molar-refractivity contribution >= 4 is 23.1 Å². The Bertz CT molecular complexity index is 637. The molecule has 1 atom stereocenters. The third kappa shape index (κ3) is 4.73. The summed E-state index contributed by atoms with van der Waals surface area (Å²) >= 11 is 1.42. The van der Waals surface area contributed by atoms with E-state index < -0.39 is 11.0 Å². The van der Waals surface area contributed by atoms with Gasteiger partial charge in [0.15, 0.2) is 0 Å². The molecule has 0 aliphatic rings. The van der Waals surface area contributed by atoms with E-state index in [-0.39, 0.29) is 18.8 Å². The molecule has 2 aromatic rings. The molecule has 116 valence electrons. The topological polar surface area (TPSA) is 95.6 Å². The van der Waals surface area contributed by atoms with Crippen molar-refractivity contribution in [3.05, 3.63) is 58.6 Å². The van der Waals surface area contributed by atoms with Gasteiger partial charge in [0.2, 0.25) is 0 Å². The van der Waals surface area contributed by atoms with E-state index in [0.29, 0.717) is 5.69 Å². The Hall–Kier alpha value is -2.09. The molecule has 6 nitrogen and oxygen atoms in total. The number of benzene rings is 2. The summed E-state index contributed by atoms with van der Waals surface area (Å²) in [5, 5.41) is 32.1. The number of nitrogens with one attached hydrogen (secondary N) is 1. The van der Waals surface area contributed by atoms with Crippen LogP contribution in [0.15, 0.2) is 58.3 Å². The van der Waals surface area contributed by atoms with Gasteiger partial charge in [-0.3, -0.25) is 10.1 Å². The Labute approximate surface area is 131 Å². The number of nitrogens with zero attached hydrogens (tertiary/aromatic N) is 1. The van der Waals surface area contributed by atoms with Crippen LogP contribution in [0.3, 0.4) is 0 Å². The zero-order valence-corrected chi connectivity index (χ0v) is 12.5. The molecule has 22 heavy (non-hydrogen) atoms. The summed E-state index contributed by atoms with van der Waals surface area (Å²) in [6.45, 7) is -0.249. The number of rotatable bonds is 7. The zero-order chi connectivity index (χ0) is 15.9. The molecule has 0 spiro atoms. The van der Waals surface area contributed by atoms with Crippen molar-refractivity contribution in [2.24, 2.45) is 0 Å². The zero-order valence-electron chi connectivity index (χ0n) is 11.7. The molecule has 0 aromatic heterocycles. The van der Waals surface area contributed by atoms with Gasteiger partial charge in [0.05, 0.1) is 17.6 Å². The summed E-state index contributed by atoms with van der Waals surface area (Å²) < 4.78 is 0. The summed E-state index contributed by atoms with van der Waals surface area (Å²) in [4.78, 5) is 12.3. The summed E-state index contributed by atoms with van der Waals surface area (Å²) in [6, 6.07) is 14.2. The molecule has 3 N–H and O–H groups in total. The van der Waals surface area contributed by atoms with Crippen LogP contribution >= 0.6 is 11.8 Å². The smallest absolute Gasteiger partial charge is 0.272 e. The maximum Gasteiger partial charge on any atom is 0.272 e. The van der Waals surface area contributed by atoms with Crippen molar-refractivity contribution in [1.29, 1.82) is 0 Å². The monoisotopic (exact) mass is 320 g/mol. The SMILES string of the molecule is O=[N+]([O-])c1cc(NCC(O)CO)cc(Sc2ccccc2)c1. The first-order chi connectivity index (χ1) is 10.6. The first-order valence-corrected chi connectivity index (χ1v) is 7.45. The van der Waals surface area contributed by atoms with E-state index in [4.69, 9.17) is 5.11 Å². The Morgan fingerprint density at radius 3 is 2.55 bits per heavy atom. The highest BCUT2D eigenvalue weighted by Gasteiger charge is 2.11. The number of nitro benzene ring substituents is 1. The van der Waals surface area contributed by atoms with Crippen LogP contribution in [0, 0.1) is 10.1 Å². The van der Waals surface area contributed by atoms with Crippen LogP contribution in [-0.4, -0.2) is 34.4 Å². The summed E-state index contributed by atoms with van der Waals surface area (Å²) in [7, 11) is 0. The fourth-order valence-corrected chi connectivity index (χ4v) is 2.71. The van der Waals surface area contributed by atoms with E-state index in [1.807, 2.05) is 30.3 Å². The molecule has 2 aromatic carbocycles. The lowest BCUT2D eigenvalue weighted by molar-refractivity contribution is -0.385. The second-order valence-electron chi connectivity index (χ2n) is 4.61. The maximum atomic E-state index is 11.0. The van der Waals surface area contributed by atoms with Gasteiger partial charge in [-0.25, -0.2) is 0 Å². The molecule has 0 fully saturated rings. The van der Waals surface area contributed by atoms with Gasteiger partial charge in [-0.2, -0.15) is 0 Å². The minimum absolute atomic E-state index is 0.0260. The van der Waals surface area contributed by atoms with Crippen molar-refractivity contribution < 1.29 is 15.1 Å². The lowest BCUT2D eigenvalue weighted by Gasteiger charge is -2.11. The highest BCUT2D eigenvalue weighted by atomic mass is 32.2. The molecular weight excluding hydrogens is 304 g/mol. The molecule has 1 unspecified atom stereocenters. The largest absolute Gasteiger partial charge is 0.394 e. The summed E-state index contributed by atoms with van der Waals surface area (Å²) in [5.74, 6) is 0. The number of aliphatic hydroxyl groups excluding tert-OH is 2. The van der Waals surface area contributed by atoms with Gasteiger partial charge in [-0.15, -0.1) is 0 Å². The fourth-order valence-electron chi connectivity index (χ4n) is 1.77. The minimum atomic E-state index is -0.913. The predicted octanol–water partition coefficient (Wildman–Crippen LogP) is 2.51. The van der Waals surface area contributed by atoms with E-state index in [2.05, 4.69) is 5.32 Å². The standard InChI is InChI=1S/C15H16N2O4S/c18-10-13(19)9-16-11-6-12(17(20)21)8-15(7-11)22-14-4-2-1-3-5-14/h1-8,13,16,18-19H,9-10H2. The lowest BCUT2D eigenvalue weighted by Crippen LogP contribution is -2.22. The van der Waals surface area contributed by atoms with Crippen molar-refractivity contribution in [2.75, 3.05) is 18.5 Å². The average Bonchev–Trinajstić information content (AvgIpc) is 2.53. The molecule has 0 heterocycles. The average molecular weight is 320 g/mol. The Morgan fingerprint density at radius 1 is 1.18 bits per heavy atom. The number of nitro groups is 1. The van der Waals surface area contributed by atoms with Crippen LogP contribution in [0.4, 0.5) is 11.4 Å². The number of anilines is 1. The molecule has 0 saturated heterocycles. The fraction of sp³-hybridized carbons (Fsp3) is 0.200. The normalized spacial score (nSPS) is 11.9. The molecular formula is C15H16N2O4S. The third-order valence-electron chi connectivity index (χ3n) is 2.83. The Kier molecular flexibility index (Phi) is 5.76. The van der Waals surface area contributed by atoms with Crippen molar-refractivity contribution in [3.8, 4) is 0 Å². The van der Waals surface area contributed by atoms with Gasteiger partial charge < -0.3 is 15.5 Å². The van der Waals surface area contributed by atoms with Gasteiger partial charge in [0.25, 0.3) is 5.69 Å². The van der Waals surface area contributed by atoms with Gasteiger partial charge >= 0.3 is 0 Å². The van der Waals surface area contributed by atoms with E-state index in [1.165, 1.54) is 23.9 Å². The number of hydrogen-bond acceptors (Lipinski definition) is 6. The number of hydrogen-bond donors (Lipinski definition) is 3. The molecule has 0 radical (unpaired) electrons. The predicted molar refractivity (Wildman–Crippen MR) is 85.2 cm³/mol. The van der Waals surface area contributed by atoms with E-state index in [9.17, 15) is 15.2 Å². The van der Waals surface area contributed by atoms with Crippen LogP contribution < -0.4 is 5.32 Å². The van der Waals surface area contributed by atoms with Crippen LogP contribution in [0.25, 0.3) is 0 Å². The minimum Gasteiger partial charge on any atom is -0.394 e. The highest BCUT2D eigenvalue weighted by Crippen LogP contribution is 2.32. The summed E-state index contributed by atoms with van der Waals surface area (Å²) in [6.07, 6.45) is -0.913. The highest BCUT2D eigenvalue weighted by molar-refractivity contribution is 7.99. The first-order valence-electron chi connectivity index (χ1n) is 6.63. The van der Waals surface area contributed by atoms with E-state index >= 15 is 0 Å².